The van der Waals surface area contributed by atoms with Crippen molar-refractivity contribution in [2.75, 3.05) is 20.8 Å². The van der Waals surface area contributed by atoms with Crippen LogP contribution in [-0.4, -0.2) is 37.1 Å². The number of thioether (sulfide) groups is 1. The number of benzene rings is 1. The zero-order valence-electron chi connectivity index (χ0n) is 12.1. The Morgan fingerprint density at radius 3 is 2.86 bits per heavy atom. The average molecular weight is 318 g/mol. The molecule has 114 valence electrons. The van der Waals surface area contributed by atoms with Gasteiger partial charge in [0, 0.05) is 5.56 Å². The van der Waals surface area contributed by atoms with E-state index in [2.05, 4.69) is 9.97 Å². The van der Waals surface area contributed by atoms with Gasteiger partial charge in [0.2, 0.25) is 0 Å². The van der Waals surface area contributed by atoms with Gasteiger partial charge < -0.3 is 14.2 Å². The molecule has 1 aliphatic heterocycles. The number of ether oxygens (including phenoxy) is 3. The number of aromatic nitrogens is 2. The second-order valence-electron chi connectivity index (χ2n) is 4.55. The summed E-state index contributed by atoms with van der Waals surface area (Å²) in [6.45, 7) is 0.449. The maximum Gasteiger partial charge on any atom is 0.278 e. The third-order valence-electron chi connectivity index (χ3n) is 3.21. The van der Waals surface area contributed by atoms with Crippen molar-refractivity contribution in [3.63, 3.8) is 0 Å². The van der Waals surface area contributed by atoms with Crippen molar-refractivity contribution in [2.45, 2.75) is 10.1 Å². The minimum absolute atomic E-state index is 0.00175. The van der Waals surface area contributed by atoms with Crippen molar-refractivity contribution < 1.29 is 19.0 Å². The third-order valence-corrected chi connectivity index (χ3v) is 4.46. The third kappa shape index (κ3) is 2.71. The Hall–Kier alpha value is -2.28. The molecule has 7 heteroatoms. The van der Waals surface area contributed by atoms with E-state index >= 15 is 0 Å². The molecule has 0 saturated carbocycles. The van der Waals surface area contributed by atoms with Crippen molar-refractivity contribution in [1.29, 1.82) is 0 Å². The van der Waals surface area contributed by atoms with Gasteiger partial charge in [0.1, 0.15) is 18.6 Å². The van der Waals surface area contributed by atoms with Crippen LogP contribution in [0.15, 0.2) is 29.3 Å². The second kappa shape index (κ2) is 6.23. The number of aldehydes is 1. The summed E-state index contributed by atoms with van der Waals surface area (Å²) in [6, 6.07) is 5.39. The SMILES string of the molecule is COc1ncc([C@@H]2COc3cc(C=O)ccc3S2)nc1OC. The van der Waals surface area contributed by atoms with Crippen molar-refractivity contribution in [3.05, 3.63) is 35.7 Å². The highest BCUT2D eigenvalue weighted by Crippen LogP contribution is 2.44. The fourth-order valence-electron chi connectivity index (χ4n) is 2.11. The zero-order valence-corrected chi connectivity index (χ0v) is 12.9. The number of rotatable bonds is 4. The van der Waals surface area contributed by atoms with Crippen molar-refractivity contribution in [1.82, 2.24) is 9.97 Å². The van der Waals surface area contributed by atoms with Gasteiger partial charge in [0.15, 0.2) is 0 Å². The Kier molecular flexibility index (Phi) is 4.15. The number of carbonyl (C=O) groups is 1. The van der Waals surface area contributed by atoms with Gasteiger partial charge in [-0.25, -0.2) is 9.97 Å². The first kappa shape index (κ1) is 14.6. The fraction of sp³-hybridized carbons (Fsp3) is 0.267. The van der Waals surface area contributed by atoms with Crippen LogP contribution < -0.4 is 14.2 Å². The number of hydrogen-bond donors (Lipinski definition) is 0. The minimum Gasteiger partial charge on any atom is -0.491 e. The summed E-state index contributed by atoms with van der Waals surface area (Å²) < 4.78 is 16.0. The Balaban J connectivity index is 1.86. The van der Waals surface area contributed by atoms with Gasteiger partial charge in [-0.3, -0.25) is 4.79 Å². The van der Waals surface area contributed by atoms with E-state index in [1.165, 1.54) is 14.2 Å². The van der Waals surface area contributed by atoms with Gasteiger partial charge in [-0.05, 0) is 12.1 Å². The lowest BCUT2D eigenvalue weighted by atomic mass is 10.2. The fourth-order valence-corrected chi connectivity index (χ4v) is 3.17. The Morgan fingerprint density at radius 2 is 2.14 bits per heavy atom. The van der Waals surface area contributed by atoms with Crippen LogP contribution in [0.5, 0.6) is 17.5 Å². The molecule has 0 spiro atoms. The molecule has 1 aromatic heterocycles. The topological polar surface area (TPSA) is 70.5 Å². The highest BCUT2D eigenvalue weighted by Gasteiger charge is 2.25. The van der Waals surface area contributed by atoms with Crippen molar-refractivity contribution in [3.8, 4) is 17.5 Å². The van der Waals surface area contributed by atoms with E-state index in [-0.39, 0.29) is 5.25 Å². The first-order valence-corrected chi connectivity index (χ1v) is 7.46. The van der Waals surface area contributed by atoms with E-state index < -0.39 is 0 Å². The second-order valence-corrected chi connectivity index (χ2v) is 5.80. The smallest absolute Gasteiger partial charge is 0.278 e. The van der Waals surface area contributed by atoms with E-state index in [0.29, 0.717) is 23.9 Å². The Labute approximate surface area is 131 Å². The summed E-state index contributed by atoms with van der Waals surface area (Å²) in [6.07, 6.45) is 2.47. The van der Waals surface area contributed by atoms with Gasteiger partial charge in [-0.15, -0.1) is 11.8 Å². The monoisotopic (exact) mass is 318 g/mol. The molecule has 0 fully saturated rings. The van der Waals surface area contributed by atoms with Crippen LogP contribution in [0.25, 0.3) is 0 Å². The van der Waals surface area contributed by atoms with Crippen molar-refractivity contribution >= 4 is 18.0 Å². The van der Waals surface area contributed by atoms with Crippen LogP contribution in [0.2, 0.25) is 0 Å². The molecule has 0 radical (unpaired) electrons. The highest BCUT2D eigenvalue weighted by molar-refractivity contribution is 7.99. The van der Waals surface area contributed by atoms with Gasteiger partial charge in [0.05, 0.1) is 36.3 Å². The maximum atomic E-state index is 10.8. The number of hydrogen-bond acceptors (Lipinski definition) is 7. The maximum absolute atomic E-state index is 10.8. The molecular weight excluding hydrogens is 304 g/mol. The van der Waals surface area contributed by atoms with Crippen LogP contribution >= 0.6 is 11.8 Å². The summed E-state index contributed by atoms with van der Waals surface area (Å²) in [7, 11) is 3.04. The standard InChI is InChI=1S/C15H14N2O4S/c1-19-14-15(20-2)17-10(6-16-14)13-8-21-11-5-9(7-18)3-4-12(11)22-13/h3-7,13H,8H2,1-2H3/t13-/m0/s1. The molecule has 1 aliphatic rings. The predicted octanol–water partition coefficient (Wildman–Crippen LogP) is 2.53. The molecule has 1 atom stereocenters. The van der Waals surface area contributed by atoms with E-state index in [0.717, 1.165) is 22.6 Å². The molecule has 1 aromatic carbocycles. The minimum atomic E-state index is 0.00175. The van der Waals surface area contributed by atoms with E-state index in [9.17, 15) is 4.79 Å². The van der Waals surface area contributed by atoms with Crippen LogP contribution in [0.1, 0.15) is 21.3 Å². The van der Waals surface area contributed by atoms with E-state index in [1.54, 1.807) is 30.1 Å². The lowest BCUT2D eigenvalue weighted by Gasteiger charge is -2.24. The summed E-state index contributed by atoms with van der Waals surface area (Å²) in [5.74, 6) is 1.42. The lowest BCUT2D eigenvalue weighted by molar-refractivity contribution is 0.112. The number of nitrogens with zero attached hydrogens (tertiary/aromatic N) is 2. The molecule has 0 aliphatic carbocycles. The highest BCUT2D eigenvalue weighted by atomic mass is 32.2. The normalized spacial score (nSPS) is 16.4. The molecule has 0 unspecified atom stereocenters. The largest absolute Gasteiger partial charge is 0.491 e. The molecule has 0 N–H and O–H groups in total. The van der Waals surface area contributed by atoms with Crippen molar-refractivity contribution in [2.24, 2.45) is 0 Å². The quantitative estimate of drug-likeness (QED) is 0.802. The molecule has 0 amide bonds. The number of methoxy groups -OCH3 is 2. The molecule has 3 rings (SSSR count). The summed E-state index contributed by atoms with van der Waals surface area (Å²) >= 11 is 1.62. The Morgan fingerprint density at radius 1 is 1.32 bits per heavy atom. The van der Waals surface area contributed by atoms with Gasteiger partial charge >= 0.3 is 0 Å². The van der Waals surface area contributed by atoms with Crippen LogP contribution in [-0.2, 0) is 0 Å². The molecule has 0 saturated heterocycles. The molecule has 6 nitrogen and oxygen atoms in total. The molecule has 2 heterocycles. The van der Waals surface area contributed by atoms with E-state index in [4.69, 9.17) is 14.2 Å². The number of fused-ring (bicyclic) bond motifs is 1. The predicted molar refractivity (Wildman–Crippen MR) is 81.1 cm³/mol. The summed E-state index contributed by atoms with van der Waals surface area (Å²) in [5.41, 5.74) is 1.36. The van der Waals surface area contributed by atoms with Crippen LogP contribution in [0.4, 0.5) is 0 Å². The lowest BCUT2D eigenvalue weighted by Crippen LogP contribution is -2.14. The molecule has 22 heavy (non-hydrogen) atoms. The summed E-state index contributed by atoms with van der Waals surface area (Å²) in [5, 5.41) is 0.00175. The first-order valence-electron chi connectivity index (χ1n) is 6.58. The van der Waals surface area contributed by atoms with Crippen LogP contribution in [0.3, 0.4) is 0 Å². The van der Waals surface area contributed by atoms with Gasteiger partial charge in [-0.2, -0.15) is 0 Å². The molecule has 2 aromatic rings. The zero-order chi connectivity index (χ0) is 15.5. The first-order chi connectivity index (χ1) is 10.7. The number of carbonyl (C=O) groups excluding carboxylic acids is 1. The van der Waals surface area contributed by atoms with Gasteiger partial charge in [-0.1, -0.05) is 6.07 Å². The van der Waals surface area contributed by atoms with Crippen LogP contribution in [0, 0.1) is 0 Å². The van der Waals surface area contributed by atoms with Gasteiger partial charge in [0.25, 0.3) is 11.8 Å². The Bertz CT molecular complexity index is 708. The molecule has 0 bridgehead atoms. The molecular formula is C15H14N2O4S. The van der Waals surface area contributed by atoms with E-state index in [1.807, 2.05) is 6.07 Å². The summed E-state index contributed by atoms with van der Waals surface area (Å²) in [4.78, 5) is 20.4. The average Bonchev–Trinajstić information content (AvgIpc) is 2.60.